The van der Waals surface area contributed by atoms with Gasteiger partial charge in [-0.2, -0.15) is 0 Å². The highest BCUT2D eigenvalue weighted by molar-refractivity contribution is 5.06. The molecular weight excluding hydrogens is 202 g/mol. The number of hydrogen-bond acceptors (Lipinski definition) is 3. The van der Waals surface area contributed by atoms with E-state index in [1.54, 1.807) is 0 Å². The summed E-state index contributed by atoms with van der Waals surface area (Å²) in [6.45, 7) is 5.51. The van der Waals surface area contributed by atoms with Gasteiger partial charge in [-0.1, -0.05) is 13.3 Å². The van der Waals surface area contributed by atoms with Crippen LogP contribution in [-0.4, -0.2) is 23.1 Å². The number of aliphatic hydroxyl groups excluding tert-OH is 1. The topological polar surface area (TPSA) is 36.6 Å². The van der Waals surface area contributed by atoms with E-state index in [1.807, 2.05) is 12.1 Å². The summed E-state index contributed by atoms with van der Waals surface area (Å²) in [7, 11) is 0. The van der Waals surface area contributed by atoms with Crippen LogP contribution in [0.25, 0.3) is 0 Å². The molecule has 2 heterocycles. The van der Waals surface area contributed by atoms with E-state index in [1.165, 1.54) is 32.4 Å². The molecule has 1 aromatic heterocycles. The van der Waals surface area contributed by atoms with E-state index in [0.29, 0.717) is 5.76 Å². The third-order valence-corrected chi connectivity index (χ3v) is 3.54. The molecule has 0 atom stereocenters. The van der Waals surface area contributed by atoms with Crippen molar-refractivity contribution < 1.29 is 9.52 Å². The van der Waals surface area contributed by atoms with Gasteiger partial charge in [-0.25, -0.2) is 0 Å². The molecule has 16 heavy (non-hydrogen) atoms. The van der Waals surface area contributed by atoms with Crippen molar-refractivity contribution in [2.45, 2.75) is 39.3 Å². The Balaban J connectivity index is 1.82. The minimum Gasteiger partial charge on any atom is -0.462 e. The summed E-state index contributed by atoms with van der Waals surface area (Å²) in [6.07, 6.45) is 3.93. The van der Waals surface area contributed by atoms with Gasteiger partial charge in [0.15, 0.2) is 0 Å². The average molecular weight is 223 g/mol. The van der Waals surface area contributed by atoms with Gasteiger partial charge in [-0.05, 0) is 44.0 Å². The second kappa shape index (κ2) is 5.51. The number of hydrogen-bond donors (Lipinski definition) is 1. The van der Waals surface area contributed by atoms with E-state index in [2.05, 4.69) is 11.8 Å². The average Bonchev–Trinajstić information content (AvgIpc) is 2.78. The molecule has 0 bridgehead atoms. The molecule has 90 valence electrons. The fraction of sp³-hybridized carbons (Fsp3) is 0.692. The summed E-state index contributed by atoms with van der Waals surface area (Å²) in [5.41, 5.74) is 0. The molecular formula is C13H21NO2. The maximum atomic E-state index is 8.92. The fourth-order valence-electron chi connectivity index (χ4n) is 2.37. The molecule has 1 N–H and O–H groups in total. The standard InChI is InChI=1S/C13H21NO2/c1-2-11-5-7-14(8-6-11)9-12-3-4-13(10-15)16-12/h3-4,11,15H,2,5-10H2,1H3. The highest BCUT2D eigenvalue weighted by atomic mass is 16.4. The lowest BCUT2D eigenvalue weighted by Gasteiger charge is -2.30. The number of likely N-dealkylation sites (tertiary alicyclic amines) is 1. The first-order valence-electron chi connectivity index (χ1n) is 6.22. The lowest BCUT2D eigenvalue weighted by Crippen LogP contribution is -2.32. The Morgan fingerprint density at radius 1 is 1.31 bits per heavy atom. The summed E-state index contributed by atoms with van der Waals surface area (Å²) in [5, 5.41) is 8.92. The van der Waals surface area contributed by atoms with Gasteiger partial charge >= 0.3 is 0 Å². The molecule has 0 amide bonds. The van der Waals surface area contributed by atoms with Gasteiger partial charge in [-0.15, -0.1) is 0 Å². The molecule has 3 nitrogen and oxygen atoms in total. The minimum atomic E-state index is -0.00207. The molecule has 0 aromatic carbocycles. The summed E-state index contributed by atoms with van der Waals surface area (Å²) < 4.78 is 5.50. The first kappa shape index (κ1) is 11.7. The maximum Gasteiger partial charge on any atom is 0.129 e. The van der Waals surface area contributed by atoms with Crippen LogP contribution in [0.1, 0.15) is 37.7 Å². The zero-order chi connectivity index (χ0) is 11.4. The molecule has 0 unspecified atom stereocenters. The molecule has 1 aromatic rings. The largest absolute Gasteiger partial charge is 0.462 e. The Morgan fingerprint density at radius 2 is 2.00 bits per heavy atom. The second-order valence-electron chi connectivity index (χ2n) is 4.65. The van der Waals surface area contributed by atoms with Crippen molar-refractivity contribution in [3.63, 3.8) is 0 Å². The normalized spacial score (nSPS) is 19.1. The van der Waals surface area contributed by atoms with Crippen LogP contribution in [0.3, 0.4) is 0 Å². The van der Waals surface area contributed by atoms with E-state index in [-0.39, 0.29) is 6.61 Å². The summed E-state index contributed by atoms with van der Waals surface area (Å²) in [5.74, 6) is 2.55. The monoisotopic (exact) mass is 223 g/mol. The van der Waals surface area contributed by atoms with Crippen molar-refractivity contribution in [2.24, 2.45) is 5.92 Å². The second-order valence-corrected chi connectivity index (χ2v) is 4.65. The van der Waals surface area contributed by atoms with Crippen LogP contribution in [0.5, 0.6) is 0 Å². The number of nitrogens with zero attached hydrogens (tertiary/aromatic N) is 1. The zero-order valence-corrected chi connectivity index (χ0v) is 9.98. The molecule has 0 spiro atoms. The Hall–Kier alpha value is -0.800. The van der Waals surface area contributed by atoms with Crippen molar-refractivity contribution in [3.05, 3.63) is 23.7 Å². The van der Waals surface area contributed by atoms with Crippen LogP contribution in [0.15, 0.2) is 16.5 Å². The Labute approximate surface area is 97.1 Å². The van der Waals surface area contributed by atoms with Crippen LogP contribution in [0.2, 0.25) is 0 Å². The van der Waals surface area contributed by atoms with Gasteiger partial charge in [0.2, 0.25) is 0 Å². The third-order valence-electron chi connectivity index (χ3n) is 3.54. The predicted molar refractivity (Wildman–Crippen MR) is 62.9 cm³/mol. The number of rotatable bonds is 4. The Kier molecular flexibility index (Phi) is 4.02. The van der Waals surface area contributed by atoms with E-state index >= 15 is 0 Å². The molecule has 1 fully saturated rings. The van der Waals surface area contributed by atoms with Crippen molar-refractivity contribution in [1.82, 2.24) is 4.90 Å². The van der Waals surface area contributed by atoms with E-state index in [0.717, 1.165) is 18.2 Å². The van der Waals surface area contributed by atoms with Gasteiger partial charge in [0.25, 0.3) is 0 Å². The van der Waals surface area contributed by atoms with E-state index < -0.39 is 0 Å². The maximum absolute atomic E-state index is 8.92. The molecule has 2 rings (SSSR count). The van der Waals surface area contributed by atoms with Crippen molar-refractivity contribution in [3.8, 4) is 0 Å². The SMILES string of the molecule is CCC1CCN(Cc2ccc(CO)o2)CC1. The van der Waals surface area contributed by atoms with Crippen LogP contribution >= 0.6 is 0 Å². The molecule has 1 aliphatic heterocycles. The minimum absolute atomic E-state index is 0.00207. The Bertz CT molecular complexity index is 313. The molecule has 0 radical (unpaired) electrons. The van der Waals surface area contributed by atoms with Crippen LogP contribution in [0, 0.1) is 5.92 Å². The molecule has 0 saturated carbocycles. The van der Waals surface area contributed by atoms with Crippen molar-refractivity contribution in [1.29, 1.82) is 0 Å². The zero-order valence-electron chi connectivity index (χ0n) is 9.98. The van der Waals surface area contributed by atoms with Crippen LogP contribution in [-0.2, 0) is 13.2 Å². The molecule has 1 aliphatic rings. The summed E-state index contributed by atoms with van der Waals surface area (Å²) in [4.78, 5) is 2.44. The first-order valence-corrected chi connectivity index (χ1v) is 6.22. The highest BCUT2D eigenvalue weighted by Crippen LogP contribution is 2.21. The number of piperidine rings is 1. The van der Waals surface area contributed by atoms with Gasteiger partial charge < -0.3 is 9.52 Å². The molecule has 0 aliphatic carbocycles. The van der Waals surface area contributed by atoms with Gasteiger partial charge in [0.1, 0.15) is 18.1 Å². The fourth-order valence-corrected chi connectivity index (χ4v) is 2.37. The lowest BCUT2D eigenvalue weighted by molar-refractivity contribution is 0.160. The predicted octanol–water partition coefficient (Wildman–Crippen LogP) is 2.39. The Morgan fingerprint density at radius 3 is 2.56 bits per heavy atom. The third kappa shape index (κ3) is 2.86. The highest BCUT2D eigenvalue weighted by Gasteiger charge is 2.18. The lowest BCUT2D eigenvalue weighted by atomic mass is 9.94. The van der Waals surface area contributed by atoms with E-state index in [9.17, 15) is 0 Å². The van der Waals surface area contributed by atoms with Crippen LogP contribution in [0.4, 0.5) is 0 Å². The summed E-state index contributed by atoms with van der Waals surface area (Å²) in [6, 6.07) is 3.82. The van der Waals surface area contributed by atoms with Crippen LogP contribution < -0.4 is 0 Å². The molecule has 1 saturated heterocycles. The van der Waals surface area contributed by atoms with E-state index in [4.69, 9.17) is 9.52 Å². The van der Waals surface area contributed by atoms with Crippen molar-refractivity contribution >= 4 is 0 Å². The van der Waals surface area contributed by atoms with Gasteiger partial charge in [0, 0.05) is 0 Å². The number of furan rings is 1. The molecule has 3 heteroatoms. The summed E-state index contributed by atoms with van der Waals surface area (Å²) >= 11 is 0. The first-order chi connectivity index (χ1) is 7.81. The quantitative estimate of drug-likeness (QED) is 0.851. The van der Waals surface area contributed by atoms with Crippen molar-refractivity contribution in [2.75, 3.05) is 13.1 Å². The van der Waals surface area contributed by atoms with Gasteiger partial charge in [0.05, 0.1) is 6.54 Å². The van der Waals surface area contributed by atoms with Gasteiger partial charge in [-0.3, -0.25) is 4.90 Å². The number of aliphatic hydroxyl groups is 1. The smallest absolute Gasteiger partial charge is 0.129 e.